The molecule has 2 amide bonds. The van der Waals surface area contributed by atoms with Crippen LogP contribution in [0, 0.1) is 0 Å². The van der Waals surface area contributed by atoms with E-state index in [2.05, 4.69) is 4.90 Å². The Hall–Kier alpha value is -3.56. The minimum absolute atomic E-state index is 0.0564. The Morgan fingerprint density at radius 2 is 1.31 bits per heavy atom. The SMILES string of the molecule is O=C1CN(Cc2ccccc2)CCOCCOCCN2C(=O)c3ccccc3C2(O)CN1Cc1ccccc1. The first-order valence-electron chi connectivity index (χ1n) is 13.4. The summed E-state index contributed by atoms with van der Waals surface area (Å²) in [5.74, 6) is -0.402. The number of ether oxygens (including phenoxy) is 2. The Morgan fingerprint density at radius 3 is 2.00 bits per heavy atom. The van der Waals surface area contributed by atoms with Crippen molar-refractivity contribution < 1.29 is 24.2 Å². The van der Waals surface area contributed by atoms with Gasteiger partial charge in [-0.2, -0.15) is 0 Å². The largest absolute Gasteiger partial charge is 0.378 e. The fraction of sp³-hybridized carbons (Fsp3) is 0.355. The lowest BCUT2D eigenvalue weighted by atomic mass is 10.00. The lowest BCUT2D eigenvalue weighted by molar-refractivity contribution is -0.147. The fourth-order valence-electron chi connectivity index (χ4n) is 5.26. The van der Waals surface area contributed by atoms with Crippen LogP contribution in [-0.2, 0) is 33.1 Å². The summed E-state index contributed by atoms with van der Waals surface area (Å²) in [4.78, 5) is 32.6. The lowest BCUT2D eigenvalue weighted by Crippen LogP contribution is -2.54. The average molecular weight is 530 g/mol. The summed E-state index contributed by atoms with van der Waals surface area (Å²) in [6.07, 6.45) is 0. The molecule has 8 heteroatoms. The predicted molar refractivity (Wildman–Crippen MR) is 147 cm³/mol. The highest BCUT2D eigenvalue weighted by Crippen LogP contribution is 2.38. The summed E-state index contributed by atoms with van der Waals surface area (Å²) in [7, 11) is 0. The smallest absolute Gasteiger partial charge is 0.256 e. The second-order valence-corrected chi connectivity index (χ2v) is 9.98. The van der Waals surface area contributed by atoms with Crippen LogP contribution >= 0.6 is 0 Å². The molecule has 0 saturated carbocycles. The molecule has 204 valence electrons. The van der Waals surface area contributed by atoms with Gasteiger partial charge < -0.3 is 24.4 Å². The molecule has 3 aromatic carbocycles. The molecule has 8 nitrogen and oxygen atoms in total. The molecule has 0 aromatic heterocycles. The minimum atomic E-state index is -1.68. The van der Waals surface area contributed by atoms with Gasteiger partial charge in [-0.25, -0.2) is 0 Å². The zero-order valence-corrected chi connectivity index (χ0v) is 22.1. The summed E-state index contributed by atoms with van der Waals surface area (Å²) in [5, 5.41) is 12.2. The number of carbonyl (C=O) groups is 2. The number of benzene rings is 3. The summed E-state index contributed by atoms with van der Waals surface area (Å²) in [5.41, 5.74) is 1.32. The van der Waals surface area contributed by atoms with Gasteiger partial charge in [-0.15, -0.1) is 0 Å². The topological polar surface area (TPSA) is 82.5 Å². The standard InChI is InChI=1S/C31H35N3O5/c35-29-23-32(21-25-9-3-1-4-10-25)15-17-38-19-20-39-18-16-34-30(36)27-13-7-8-14-28(27)31(34,37)24-33(29)22-26-11-5-2-6-12-26/h1-14,37H,15-24H2. The van der Waals surface area contributed by atoms with Gasteiger partial charge in [0.05, 0.1) is 39.5 Å². The van der Waals surface area contributed by atoms with Crippen molar-refractivity contribution in [1.82, 2.24) is 14.7 Å². The maximum absolute atomic E-state index is 14.0. The summed E-state index contributed by atoms with van der Waals surface area (Å²) in [6, 6.07) is 26.8. The van der Waals surface area contributed by atoms with E-state index in [1.54, 1.807) is 23.1 Å². The molecule has 0 aliphatic carbocycles. The molecule has 2 heterocycles. The van der Waals surface area contributed by atoms with E-state index in [0.717, 1.165) is 11.1 Å². The van der Waals surface area contributed by atoms with Gasteiger partial charge >= 0.3 is 0 Å². The summed E-state index contributed by atoms with van der Waals surface area (Å²) >= 11 is 0. The van der Waals surface area contributed by atoms with Crippen LogP contribution < -0.4 is 0 Å². The molecular weight excluding hydrogens is 494 g/mol. The van der Waals surface area contributed by atoms with Crippen molar-refractivity contribution in [3.8, 4) is 0 Å². The van der Waals surface area contributed by atoms with Crippen molar-refractivity contribution in [2.75, 3.05) is 52.6 Å². The van der Waals surface area contributed by atoms with E-state index in [9.17, 15) is 14.7 Å². The highest BCUT2D eigenvalue weighted by Gasteiger charge is 2.49. The van der Waals surface area contributed by atoms with Gasteiger partial charge in [-0.1, -0.05) is 78.9 Å². The number of β-amino-alcohol motifs (C(OH)–C–C–N with tert-alkyl or cyclic N) is 1. The van der Waals surface area contributed by atoms with E-state index in [1.807, 2.05) is 66.7 Å². The van der Waals surface area contributed by atoms with Gasteiger partial charge in [0.15, 0.2) is 5.72 Å². The van der Waals surface area contributed by atoms with Crippen LogP contribution in [0.2, 0.25) is 0 Å². The van der Waals surface area contributed by atoms with Crippen LogP contribution in [-0.4, -0.2) is 84.2 Å². The highest BCUT2D eigenvalue weighted by molar-refractivity contribution is 5.99. The first-order valence-corrected chi connectivity index (χ1v) is 13.4. The molecule has 1 unspecified atom stereocenters. The molecule has 1 fully saturated rings. The quantitative estimate of drug-likeness (QED) is 0.560. The van der Waals surface area contributed by atoms with Crippen LogP contribution in [0.1, 0.15) is 27.0 Å². The van der Waals surface area contributed by atoms with Crippen molar-refractivity contribution in [2.45, 2.75) is 18.8 Å². The van der Waals surface area contributed by atoms with Gasteiger partial charge in [0.2, 0.25) is 5.91 Å². The Labute approximate surface area is 229 Å². The first kappa shape index (κ1) is 27.0. The van der Waals surface area contributed by atoms with Gasteiger partial charge in [0.1, 0.15) is 0 Å². The predicted octanol–water partition coefficient (Wildman–Crippen LogP) is 2.87. The van der Waals surface area contributed by atoms with Crippen LogP contribution in [0.3, 0.4) is 0 Å². The maximum atomic E-state index is 14.0. The molecule has 1 atom stereocenters. The third-order valence-electron chi connectivity index (χ3n) is 7.25. The van der Waals surface area contributed by atoms with E-state index in [1.165, 1.54) is 4.90 Å². The molecule has 0 bridgehead atoms. The Balaban J connectivity index is 1.48. The molecule has 0 radical (unpaired) electrons. The first-order chi connectivity index (χ1) is 19.0. The fourth-order valence-corrected chi connectivity index (χ4v) is 5.26. The molecule has 2 aliphatic heterocycles. The molecule has 39 heavy (non-hydrogen) atoms. The minimum Gasteiger partial charge on any atom is -0.378 e. The lowest BCUT2D eigenvalue weighted by Gasteiger charge is -2.39. The van der Waals surface area contributed by atoms with Crippen LogP contribution in [0.25, 0.3) is 0 Å². The Bertz CT molecular complexity index is 1260. The van der Waals surface area contributed by atoms with E-state index in [-0.39, 0.29) is 38.1 Å². The number of amides is 2. The second-order valence-electron chi connectivity index (χ2n) is 9.98. The molecule has 1 N–H and O–H groups in total. The van der Waals surface area contributed by atoms with Crippen LogP contribution in [0.5, 0.6) is 0 Å². The van der Waals surface area contributed by atoms with Gasteiger partial charge in [-0.05, 0) is 17.2 Å². The normalized spacial score (nSPS) is 21.7. The van der Waals surface area contributed by atoms with E-state index >= 15 is 0 Å². The van der Waals surface area contributed by atoms with Crippen molar-refractivity contribution in [2.24, 2.45) is 0 Å². The number of rotatable bonds is 4. The van der Waals surface area contributed by atoms with E-state index < -0.39 is 5.72 Å². The second kappa shape index (κ2) is 12.5. The van der Waals surface area contributed by atoms with Crippen molar-refractivity contribution in [1.29, 1.82) is 0 Å². The Morgan fingerprint density at radius 1 is 0.718 bits per heavy atom. The van der Waals surface area contributed by atoms with E-state index in [0.29, 0.717) is 50.6 Å². The number of hydrogen-bond acceptors (Lipinski definition) is 6. The number of aliphatic hydroxyl groups is 1. The Kier molecular flexibility index (Phi) is 8.68. The van der Waals surface area contributed by atoms with Gasteiger partial charge in [-0.3, -0.25) is 14.5 Å². The van der Waals surface area contributed by atoms with Crippen molar-refractivity contribution >= 4 is 11.8 Å². The van der Waals surface area contributed by atoms with Crippen molar-refractivity contribution in [3.63, 3.8) is 0 Å². The number of hydrogen-bond donors (Lipinski definition) is 1. The molecule has 3 aromatic rings. The third-order valence-corrected chi connectivity index (χ3v) is 7.25. The highest BCUT2D eigenvalue weighted by atomic mass is 16.5. The van der Waals surface area contributed by atoms with Gasteiger partial charge in [0.25, 0.3) is 5.91 Å². The average Bonchev–Trinajstić information content (AvgIpc) is 3.16. The zero-order valence-electron chi connectivity index (χ0n) is 22.1. The maximum Gasteiger partial charge on any atom is 0.256 e. The third kappa shape index (κ3) is 6.37. The van der Waals surface area contributed by atoms with Gasteiger partial charge in [0, 0.05) is 37.3 Å². The summed E-state index contributed by atoms with van der Waals surface area (Å²) in [6.45, 7) is 3.24. The van der Waals surface area contributed by atoms with Crippen LogP contribution in [0.4, 0.5) is 0 Å². The molecule has 0 spiro atoms. The van der Waals surface area contributed by atoms with Crippen LogP contribution in [0.15, 0.2) is 84.9 Å². The number of carbonyl (C=O) groups excluding carboxylic acids is 2. The van der Waals surface area contributed by atoms with Crippen molar-refractivity contribution in [3.05, 3.63) is 107 Å². The number of nitrogens with zero attached hydrogens (tertiary/aromatic N) is 3. The molecule has 2 aliphatic rings. The van der Waals surface area contributed by atoms with E-state index in [4.69, 9.17) is 9.47 Å². The number of fused-ring (bicyclic) bond motifs is 3. The zero-order chi connectivity index (χ0) is 27.1. The molecule has 5 rings (SSSR count). The molecular formula is C31H35N3O5. The summed E-state index contributed by atoms with van der Waals surface area (Å²) < 4.78 is 11.5. The molecule has 1 saturated heterocycles. The monoisotopic (exact) mass is 529 g/mol.